The van der Waals surface area contributed by atoms with Crippen molar-refractivity contribution >= 4 is 29.3 Å². The molecule has 1 aromatic heterocycles. The number of fused-ring (bicyclic) bond motifs is 1. The van der Waals surface area contributed by atoms with Crippen molar-refractivity contribution in [3.63, 3.8) is 0 Å². The number of hydrogen-bond acceptors (Lipinski definition) is 4. The number of rotatable bonds is 6. The van der Waals surface area contributed by atoms with E-state index >= 15 is 0 Å². The van der Waals surface area contributed by atoms with Gasteiger partial charge in [0.2, 0.25) is 11.8 Å². The van der Waals surface area contributed by atoms with Gasteiger partial charge in [-0.15, -0.1) is 0 Å². The summed E-state index contributed by atoms with van der Waals surface area (Å²) in [6.07, 6.45) is 2.80. The highest BCUT2D eigenvalue weighted by Crippen LogP contribution is 2.38. The highest BCUT2D eigenvalue weighted by Gasteiger charge is 2.35. The lowest BCUT2D eigenvalue weighted by Crippen LogP contribution is -2.44. The third kappa shape index (κ3) is 4.00. The van der Waals surface area contributed by atoms with Crippen molar-refractivity contribution in [2.45, 2.75) is 43.9 Å². The van der Waals surface area contributed by atoms with E-state index in [2.05, 4.69) is 10.3 Å². The Morgan fingerprint density at radius 1 is 1.50 bits per heavy atom. The first-order chi connectivity index (χ1) is 10.5. The molecule has 2 rings (SSSR count). The van der Waals surface area contributed by atoms with Gasteiger partial charge in [0.05, 0.1) is 10.9 Å². The van der Waals surface area contributed by atoms with Crippen LogP contribution in [-0.2, 0) is 9.59 Å². The van der Waals surface area contributed by atoms with Gasteiger partial charge >= 0.3 is 0 Å². The Bertz CT molecular complexity index is 548. The van der Waals surface area contributed by atoms with Crippen molar-refractivity contribution in [1.82, 2.24) is 10.3 Å². The standard InChI is InChI=1S/C16H23N3O2S/c1-4-8-19-12-6-5-7-17-15(12)22-13(16(19)21)9-14(20)18-10-11(2)3/h5-7,11,13H,4,8-10H2,1-3H3,(H,18,20)/t13-/m1/s1. The number of carbonyl (C=O) groups is 2. The predicted molar refractivity (Wildman–Crippen MR) is 89.0 cm³/mol. The van der Waals surface area contributed by atoms with E-state index < -0.39 is 0 Å². The summed E-state index contributed by atoms with van der Waals surface area (Å²) >= 11 is 1.39. The van der Waals surface area contributed by atoms with Gasteiger partial charge in [-0.2, -0.15) is 0 Å². The fraction of sp³-hybridized carbons (Fsp3) is 0.562. The Hall–Kier alpha value is -1.56. The van der Waals surface area contributed by atoms with Crippen LogP contribution in [-0.4, -0.2) is 35.1 Å². The molecule has 1 atom stereocenters. The lowest BCUT2D eigenvalue weighted by atomic mass is 10.2. The van der Waals surface area contributed by atoms with Crippen molar-refractivity contribution in [1.29, 1.82) is 0 Å². The number of anilines is 1. The molecule has 6 heteroatoms. The zero-order valence-electron chi connectivity index (χ0n) is 13.3. The predicted octanol–water partition coefficient (Wildman–Crippen LogP) is 2.46. The second-order valence-corrected chi connectivity index (χ2v) is 7.02. The van der Waals surface area contributed by atoms with Gasteiger partial charge in [-0.25, -0.2) is 4.98 Å². The Morgan fingerprint density at radius 3 is 2.95 bits per heavy atom. The van der Waals surface area contributed by atoms with Crippen LogP contribution in [0.2, 0.25) is 0 Å². The molecule has 2 amide bonds. The Labute approximate surface area is 135 Å². The number of hydrogen-bond donors (Lipinski definition) is 1. The van der Waals surface area contributed by atoms with Crippen LogP contribution >= 0.6 is 11.8 Å². The maximum absolute atomic E-state index is 12.6. The molecule has 0 bridgehead atoms. The summed E-state index contributed by atoms with van der Waals surface area (Å²) in [5.41, 5.74) is 0.859. The number of nitrogens with zero attached hydrogens (tertiary/aromatic N) is 2. The molecule has 1 N–H and O–H groups in total. The number of amides is 2. The molecular weight excluding hydrogens is 298 g/mol. The Morgan fingerprint density at radius 2 is 2.27 bits per heavy atom. The molecule has 0 radical (unpaired) electrons. The Balaban J connectivity index is 2.10. The maximum atomic E-state index is 12.6. The van der Waals surface area contributed by atoms with Gasteiger partial charge in [0, 0.05) is 25.7 Å². The van der Waals surface area contributed by atoms with Crippen LogP contribution < -0.4 is 10.2 Å². The molecule has 0 fully saturated rings. The molecule has 0 aliphatic carbocycles. The summed E-state index contributed by atoms with van der Waals surface area (Å²) in [6, 6.07) is 3.75. The van der Waals surface area contributed by atoms with E-state index in [1.54, 1.807) is 11.1 Å². The molecule has 0 saturated heterocycles. The van der Waals surface area contributed by atoms with Crippen molar-refractivity contribution < 1.29 is 9.59 Å². The summed E-state index contributed by atoms with van der Waals surface area (Å²) < 4.78 is 0. The van der Waals surface area contributed by atoms with Crippen LogP contribution in [0, 0.1) is 5.92 Å². The van der Waals surface area contributed by atoms with Crippen molar-refractivity contribution in [2.24, 2.45) is 5.92 Å². The molecule has 0 saturated carbocycles. The van der Waals surface area contributed by atoms with Crippen molar-refractivity contribution in [3.05, 3.63) is 18.3 Å². The van der Waals surface area contributed by atoms with Crippen LogP contribution in [0.3, 0.4) is 0 Å². The molecule has 2 heterocycles. The summed E-state index contributed by atoms with van der Waals surface area (Å²) in [5, 5.41) is 3.32. The molecule has 1 aliphatic heterocycles. The van der Waals surface area contributed by atoms with Gasteiger partial charge in [0.25, 0.3) is 0 Å². The second kappa shape index (κ2) is 7.63. The summed E-state index contributed by atoms with van der Waals surface area (Å²) in [5.74, 6) is 0.333. The third-order valence-corrected chi connectivity index (χ3v) is 4.55. The number of pyridine rings is 1. The molecule has 5 nitrogen and oxygen atoms in total. The molecular formula is C16H23N3O2S. The van der Waals surface area contributed by atoms with Gasteiger partial charge in [0.15, 0.2) is 0 Å². The molecule has 22 heavy (non-hydrogen) atoms. The lowest BCUT2D eigenvalue weighted by molar-refractivity contribution is -0.125. The molecule has 0 aromatic carbocycles. The van der Waals surface area contributed by atoms with E-state index in [0.717, 1.165) is 17.1 Å². The highest BCUT2D eigenvalue weighted by molar-refractivity contribution is 8.00. The smallest absolute Gasteiger partial charge is 0.241 e. The number of nitrogens with one attached hydrogen (secondary N) is 1. The minimum Gasteiger partial charge on any atom is -0.356 e. The van der Waals surface area contributed by atoms with E-state index in [1.807, 2.05) is 32.9 Å². The van der Waals surface area contributed by atoms with Gasteiger partial charge in [-0.3, -0.25) is 9.59 Å². The first kappa shape index (κ1) is 16.8. The zero-order chi connectivity index (χ0) is 16.1. The molecule has 0 spiro atoms. The van der Waals surface area contributed by atoms with E-state index in [1.165, 1.54) is 11.8 Å². The SMILES string of the molecule is CCCN1C(=O)[C@@H](CC(=O)NCC(C)C)Sc2ncccc21. The summed E-state index contributed by atoms with van der Waals surface area (Å²) in [4.78, 5) is 30.8. The van der Waals surface area contributed by atoms with Gasteiger partial charge < -0.3 is 10.2 Å². The highest BCUT2D eigenvalue weighted by atomic mass is 32.2. The fourth-order valence-electron chi connectivity index (χ4n) is 2.30. The van der Waals surface area contributed by atoms with Crippen LogP contribution in [0.4, 0.5) is 5.69 Å². The van der Waals surface area contributed by atoms with E-state index in [-0.39, 0.29) is 23.5 Å². The average molecular weight is 321 g/mol. The van der Waals surface area contributed by atoms with Gasteiger partial charge in [-0.1, -0.05) is 32.5 Å². The van der Waals surface area contributed by atoms with Crippen molar-refractivity contribution in [3.8, 4) is 0 Å². The number of aromatic nitrogens is 1. The van der Waals surface area contributed by atoms with Gasteiger partial charge in [-0.05, 0) is 24.5 Å². The number of carbonyl (C=O) groups excluding carboxylic acids is 2. The average Bonchev–Trinajstić information content (AvgIpc) is 2.49. The Kier molecular flexibility index (Phi) is 5.83. The fourth-order valence-corrected chi connectivity index (χ4v) is 3.45. The van der Waals surface area contributed by atoms with E-state index in [9.17, 15) is 9.59 Å². The van der Waals surface area contributed by atoms with Gasteiger partial charge in [0.1, 0.15) is 5.03 Å². The third-order valence-electron chi connectivity index (χ3n) is 3.36. The zero-order valence-corrected chi connectivity index (χ0v) is 14.2. The molecule has 120 valence electrons. The first-order valence-electron chi connectivity index (χ1n) is 7.72. The van der Waals surface area contributed by atoms with Crippen molar-refractivity contribution in [2.75, 3.05) is 18.0 Å². The summed E-state index contributed by atoms with van der Waals surface area (Å²) in [6.45, 7) is 7.42. The van der Waals surface area contributed by atoms with E-state index in [4.69, 9.17) is 0 Å². The quantitative estimate of drug-likeness (QED) is 0.874. The normalized spacial score (nSPS) is 17.5. The minimum atomic E-state index is -0.388. The maximum Gasteiger partial charge on any atom is 0.241 e. The second-order valence-electron chi connectivity index (χ2n) is 5.83. The molecule has 0 unspecified atom stereocenters. The topological polar surface area (TPSA) is 62.3 Å². The molecule has 1 aliphatic rings. The largest absolute Gasteiger partial charge is 0.356 e. The minimum absolute atomic E-state index is 0.00652. The van der Waals surface area contributed by atoms with E-state index in [0.29, 0.717) is 19.0 Å². The lowest BCUT2D eigenvalue weighted by Gasteiger charge is -2.32. The van der Waals surface area contributed by atoms with Crippen LogP contribution in [0.15, 0.2) is 23.4 Å². The van der Waals surface area contributed by atoms with Crippen LogP contribution in [0.25, 0.3) is 0 Å². The first-order valence-corrected chi connectivity index (χ1v) is 8.60. The van der Waals surface area contributed by atoms with Crippen LogP contribution in [0.5, 0.6) is 0 Å². The summed E-state index contributed by atoms with van der Waals surface area (Å²) in [7, 11) is 0. The van der Waals surface area contributed by atoms with Crippen LogP contribution in [0.1, 0.15) is 33.6 Å². The monoisotopic (exact) mass is 321 g/mol. The molecule has 1 aromatic rings. The number of thioether (sulfide) groups is 1.